The van der Waals surface area contributed by atoms with Crippen LogP contribution in [0.1, 0.15) is 19.4 Å². The largest absolute Gasteiger partial charge is 0.274 e. The van der Waals surface area contributed by atoms with Crippen molar-refractivity contribution in [1.29, 1.82) is 5.26 Å². The monoisotopic (exact) mass is 304 g/mol. The molecule has 0 N–H and O–H groups in total. The van der Waals surface area contributed by atoms with E-state index in [2.05, 4.69) is 26.0 Å². The normalized spacial score (nSPS) is 30.8. The molecule has 2 fully saturated rings. The smallest absolute Gasteiger partial charge is 0.238 e. The lowest BCUT2D eigenvalue weighted by Crippen LogP contribution is -2.33. The zero-order chi connectivity index (χ0) is 16.3. The van der Waals surface area contributed by atoms with Crippen molar-refractivity contribution in [2.24, 2.45) is 23.7 Å². The van der Waals surface area contributed by atoms with Crippen LogP contribution in [0.15, 0.2) is 47.6 Å². The first-order valence-electron chi connectivity index (χ1n) is 7.78. The summed E-state index contributed by atoms with van der Waals surface area (Å²) < 4.78 is 0. The first-order valence-corrected chi connectivity index (χ1v) is 7.78. The van der Waals surface area contributed by atoms with Crippen LogP contribution < -0.4 is 4.90 Å². The quantitative estimate of drug-likeness (QED) is 0.592. The number of benzene rings is 1. The van der Waals surface area contributed by atoms with Crippen LogP contribution in [-0.4, -0.2) is 11.8 Å². The summed E-state index contributed by atoms with van der Waals surface area (Å²) in [6.45, 7) is 4.10. The molecule has 0 aromatic heterocycles. The number of carbonyl (C=O) groups excluding carboxylic acids is 2. The molecule has 3 aliphatic rings. The fourth-order valence-electron chi connectivity index (χ4n) is 4.37. The van der Waals surface area contributed by atoms with Gasteiger partial charge >= 0.3 is 0 Å². The predicted molar refractivity (Wildman–Crippen MR) is 85.1 cm³/mol. The van der Waals surface area contributed by atoms with E-state index in [1.54, 1.807) is 24.3 Å². The van der Waals surface area contributed by atoms with Gasteiger partial charge in [0.05, 0.1) is 29.2 Å². The molecule has 2 aliphatic carbocycles. The van der Waals surface area contributed by atoms with Gasteiger partial charge in [-0.3, -0.25) is 9.59 Å². The Bertz CT molecular complexity index is 788. The third kappa shape index (κ3) is 1.71. The Balaban J connectivity index is 1.74. The summed E-state index contributed by atoms with van der Waals surface area (Å²) >= 11 is 0. The van der Waals surface area contributed by atoms with Gasteiger partial charge in [-0.1, -0.05) is 23.3 Å². The molecular weight excluding hydrogens is 288 g/mol. The number of allylic oxidation sites excluding steroid dienone is 4. The van der Waals surface area contributed by atoms with Crippen LogP contribution in [-0.2, 0) is 9.59 Å². The van der Waals surface area contributed by atoms with Crippen molar-refractivity contribution in [2.75, 3.05) is 4.90 Å². The van der Waals surface area contributed by atoms with Gasteiger partial charge in [0.25, 0.3) is 0 Å². The van der Waals surface area contributed by atoms with Gasteiger partial charge in [-0.15, -0.1) is 0 Å². The highest BCUT2D eigenvalue weighted by Gasteiger charge is 2.61. The maximum absolute atomic E-state index is 12.9. The lowest BCUT2D eigenvalue weighted by molar-refractivity contribution is -0.122. The summed E-state index contributed by atoms with van der Waals surface area (Å²) in [7, 11) is 0. The second-order valence-corrected chi connectivity index (χ2v) is 6.61. The van der Waals surface area contributed by atoms with E-state index in [4.69, 9.17) is 5.26 Å². The lowest BCUT2D eigenvalue weighted by Gasteiger charge is -2.19. The Labute approximate surface area is 134 Å². The molecule has 4 nitrogen and oxygen atoms in total. The molecule has 4 heteroatoms. The van der Waals surface area contributed by atoms with E-state index in [1.165, 1.54) is 16.0 Å². The van der Waals surface area contributed by atoms with E-state index in [-0.39, 0.29) is 35.5 Å². The van der Waals surface area contributed by atoms with Crippen molar-refractivity contribution < 1.29 is 9.59 Å². The number of anilines is 1. The topological polar surface area (TPSA) is 61.2 Å². The number of hydrogen-bond donors (Lipinski definition) is 0. The molecule has 1 saturated heterocycles. The Morgan fingerprint density at radius 2 is 1.52 bits per heavy atom. The van der Waals surface area contributed by atoms with Gasteiger partial charge in [0.15, 0.2) is 0 Å². The SMILES string of the molecule is CC(C)=C1[C@H]2C=C[C@H]1[C@H]1C(=O)N(c3ccc(C#N)cc3)C(=O)[C@H]12. The fraction of sp³-hybridized carbons (Fsp3) is 0.316. The van der Waals surface area contributed by atoms with Crippen LogP contribution in [0.3, 0.4) is 0 Å². The van der Waals surface area contributed by atoms with Crippen LogP contribution in [0.25, 0.3) is 0 Å². The fourth-order valence-corrected chi connectivity index (χ4v) is 4.37. The number of hydrogen-bond acceptors (Lipinski definition) is 3. The number of nitriles is 1. The molecule has 1 aliphatic heterocycles. The summed E-state index contributed by atoms with van der Waals surface area (Å²) in [5, 5.41) is 8.88. The van der Waals surface area contributed by atoms with Crippen molar-refractivity contribution in [3.63, 3.8) is 0 Å². The van der Waals surface area contributed by atoms with E-state index in [9.17, 15) is 9.59 Å². The molecule has 2 amide bonds. The van der Waals surface area contributed by atoms with Gasteiger partial charge in [0.1, 0.15) is 0 Å². The molecule has 0 spiro atoms. The average molecular weight is 304 g/mol. The highest BCUT2D eigenvalue weighted by atomic mass is 16.2. The van der Waals surface area contributed by atoms with E-state index in [1.807, 2.05) is 6.07 Å². The standard InChI is InChI=1S/C19H16N2O2/c1-10(2)15-13-7-8-14(15)17-16(13)18(22)21(19(17)23)12-5-3-11(9-20)4-6-12/h3-8,13-14,16-17H,1-2H3/t13-,14-,16-,17+/m1/s1. The summed E-state index contributed by atoms with van der Waals surface area (Å²) in [6.07, 6.45) is 4.17. The number of nitrogens with zero attached hydrogens (tertiary/aromatic N) is 2. The minimum atomic E-state index is -0.266. The minimum absolute atomic E-state index is 0.0647. The molecule has 23 heavy (non-hydrogen) atoms. The summed E-state index contributed by atoms with van der Waals surface area (Å²) in [5.74, 6) is -0.624. The van der Waals surface area contributed by atoms with Crippen LogP contribution in [0.2, 0.25) is 0 Å². The Morgan fingerprint density at radius 3 is 1.96 bits per heavy atom. The van der Waals surface area contributed by atoms with Crippen LogP contribution in [0.4, 0.5) is 5.69 Å². The molecule has 1 saturated carbocycles. The molecule has 2 bridgehead atoms. The van der Waals surface area contributed by atoms with Gasteiger partial charge in [0, 0.05) is 11.8 Å². The van der Waals surface area contributed by atoms with Crippen molar-refractivity contribution >= 4 is 17.5 Å². The number of carbonyl (C=O) groups is 2. The van der Waals surface area contributed by atoms with Gasteiger partial charge < -0.3 is 0 Å². The van der Waals surface area contributed by atoms with Crippen LogP contribution >= 0.6 is 0 Å². The predicted octanol–water partition coefficient (Wildman–Crippen LogP) is 2.82. The highest BCUT2D eigenvalue weighted by molar-refractivity contribution is 6.23. The number of fused-ring (bicyclic) bond motifs is 5. The van der Waals surface area contributed by atoms with Crippen LogP contribution in [0.5, 0.6) is 0 Å². The van der Waals surface area contributed by atoms with Gasteiger partial charge in [-0.2, -0.15) is 5.26 Å². The summed E-state index contributed by atoms with van der Waals surface area (Å²) in [6, 6.07) is 8.67. The Hall–Kier alpha value is -2.67. The minimum Gasteiger partial charge on any atom is -0.274 e. The Morgan fingerprint density at radius 1 is 1.00 bits per heavy atom. The maximum Gasteiger partial charge on any atom is 0.238 e. The van der Waals surface area contributed by atoms with Crippen LogP contribution in [0, 0.1) is 35.0 Å². The molecular formula is C19H16N2O2. The molecule has 1 heterocycles. The maximum atomic E-state index is 12.9. The third-order valence-electron chi connectivity index (χ3n) is 5.25. The van der Waals surface area contributed by atoms with E-state index < -0.39 is 0 Å². The lowest BCUT2D eigenvalue weighted by atomic mass is 9.85. The molecule has 0 unspecified atom stereocenters. The first kappa shape index (κ1) is 14.0. The number of imide groups is 1. The van der Waals surface area contributed by atoms with Gasteiger partial charge in [-0.25, -0.2) is 4.90 Å². The molecule has 114 valence electrons. The zero-order valence-corrected chi connectivity index (χ0v) is 13.0. The molecule has 4 atom stereocenters. The summed E-state index contributed by atoms with van der Waals surface area (Å²) in [5.41, 5.74) is 3.54. The van der Waals surface area contributed by atoms with Crippen molar-refractivity contribution in [1.82, 2.24) is 0 Å². The Kier molecular flexibility index (Phi) is 2.83. The van der Waals surface area contributed by atoms with E-state index in [0.717, 1.165) is 0 Å². The highest BCUT2D eigenvalue weighted by Crippen LogP contribution is 2.57. The van der Waals surface area contributed by atoms with Gasteiger partial charge in [-0.05, 0) is 38.1 Å². The third-order valence-corrected chi connectivity index (χ3v) is 5.25. The van der Waals surface area contributed by atoms with Crippen molar-refractivity contribution in [2.45, 2.75) is 13.8 Å². The summed E-state index contributed by atoms with van der Waals surface area (Å²) in [4.78, 5) is 27.1. The van der Waals surface area contributed by atoms with Crippen molar-refractivity contribution in [3.05, 3.63) is 53.1 Å². The van der Waals surface area contributed by atoms with Crippen molar-refractivity contribution in [3.8, 4) is 6.07 Å². The van der Waals surface area contributed by atoms with E-state index >= 15 is 0 Å². The van der Waals surface area contributed by atoms with Gasteiger partial charge in [0.2, 0.25) is 11.8 Å². The second kappa shape index (κ2) is 4.66. The zero-order valence-electron chi connectivity index (χ0n) is 13.0. The molecule has 4 rings (SSSR count). The second-order valence-electron chi connectivity index (χ2n) is 6.61. The molecule has 0 radical (unpaired) electrons. The average Bonchev–Trinajstić information content (AvgIpc) is 3.18. The number of amides is 2. The molecule has 1 aromatic rings. The number of rotatable bonds is 1. The first-order chi connectivity index (χ1) is 11.0. The molecule has 1 aromatic carbocycles. The van der Waals surface area contributed by atoms with E-state index in [0.29, 0.717) is 11.3 Å².